The van der Waals surface area contributed by atoms with Gasteiger partial charge in [0, 0.05) is 0 Å². The Morgan fingerprint density at radius 1 is 1.12 bits per heavy atom. The first-order chi connectivity index (χ1) is 10.7. The van der Waals surface area contributed by atoms with Crippen molar-refractivity contribution in [2.45, 2.75) is 70.7 Å². The van der Waals surface area contributed by atoms with E-state index in [4.69, 9.17) is 4.43 Å². The summed E-state index contributed by atoms with van der Waals surface area (Å²) >= 11 is 0. The van der Waals surface area contributed by atoms with Gasteiger partial charge < -0.3 is 9.22 Å². The van der Waals surface area contributed by atoms with Crippen molar-refractivity contribution in [3.63, 3.8) is 0 Å². The third-order valence-corrected chi connectivity index (χ3v) is 11.2. The van der Waals surface area contributed by atoms with Gasteiger partial charge in [-0.2, -0.15) is 0 Å². The largest absolute Gasteiger partial charge is 0.406 e. The van der Waals surface area contributed by atoms with E-state index in [0.717, 1.165) is 5.56 Å². The van der Waals surface area contributed by atoms with Crippen molar-refractivity contribution in [1.82, 2.24) is 0 Å². The highest BCUT2D eigenvalue weighted by Crippen LogP contribution is 2.37. The minimum atomic E-state index is -3.60. The fourth-order valence-electron chi connectivity index (χ4n) is 2.61. The van der Waals surface area contributed by atoms with Crippen molar-refractivity contribution in [2.75, 3.05) is 5.75 Å². The number of aryl methyl sites for hydroxylation is 3. The van der Waals surface area contributed by atoms with Gasteiger partial charge in [0.25, 0.3) is 0 Å². The van der Waals surface area contributed by atoms with Gasteiger partial charge >= 0.3 is 0 Å². The summed E-state index contributed by atoms with van der Waals surface area (Å²) in [5.41, 5.74) is 2.45. The first-order valence-electron chi connectivity index (χ1n) is 8.15. The van der Waals surface area contributed by atoms with Gasteiger partial charge in [-0.25, -0.2) is 8.42 Å². The van der Waals surface area contributed by atoms with Gasteiger partial charge in [-0.3, -0.25) is 0 Å². The van der Waals surface area contributed by atoms with E-state index in [9.17, 15) is 13.2 Å². The zero-order valence-corrected chi connectivity index (χ0v) is 17.9. The highest BCUT2D eigenvalue weighted by Gasteiger charge is 2.40. The number of benzene rings is 1. The van der Waals surface area contributed by atoms with Crippen LogP contribution in [0.5, 0.6) is 0 Å². The summed E-state index contributed by atoms with van der Waals surface area (Å²) in [7, 11) is -5.82. The molecule has 6 heteroatoms. The monoisotopic (exact) mass is 370 g/mol. The molecular weight excluding hydrogens is 340 g/mol. The Bertz CT molecular complexity index is 692. The number of carbonyl (C=O) groups excluding carboxylic acids is 1. The second kappa shape index (κ2) is 7.10. The van der Waals surface area contributed by atoms with Gasteiger partial charge in [0.15, 0.2) is 18.2 Å². The zero-order chi connectivity index (χ0) is 18.9. The second-order valence-corrected chi connectivity index (χ2v) is 14.8. The molecule has 0 heterocycles. The van der Waals surface area contributed by atoms with Gasteiger partial charge in [-0.05, 0) is 50.0 Å². The molecule has 1 aromatic rings. The van der Waals surface area contributed by atoms with E-state index in [1.165, 1.54) is 0 Å². The smallest absolute Gasteiger partial charge is 0.193 e. The van der Waals surface area contributed by atoms with Crippen LogP contribution in [0.2, 0.25) is 18.1 Å². The minimum Gasteiger partial charge on any atom is -0.406 e. The molecule has 1 rings (SSSR count). The molecule has 1 aromatic carbocycles. The molecule has 0 spiro atoms. The first-order valence-corrected chi connectivity index (χ1v) is 12.7. The lowest BCUT2D eigenvalue weighted by molar-refractivity contribution is -0.113. The molecule has 0 aliphatic heterocycles. The van der Waals surface area contributed by atoms with Crippen LogP contribution < -0.4 is 0 Å². The maximum absolute atomic E-state index is 12.9. The number of sulfone groups is 1. The maximum atomic E-state index is 12.9. The van der Waals surface area contributed by atoms with Crippen molar-refractivity contribution < 1.29 is 17.6 Å². The molecule has 0 aromatic heterocycles. The summed E-state index contributed by atoms with van der Waals surface area (Å²) in [6.45, 7) is 15.7. The predicted molar refractivity (Wildman–Crippen MR) is 101 cm³/mol. The Balaban J connectivity index is 3.15. The quantitative estimate of drug-likeness (QED) is 0.561. The van der Waals surface area contributed by atoms with Gasteiger partial charge in [-0.1, -0.05) is 38.5 Å². The molecule has 0 saturated heterocycles. The number of carbonyl (C=O) groups is 1. The van der Waals surface area contributed by atoms with Crippen molar-refractivity contribution >= 4 is 24.4 Å². The Hall–Kier alpha value is -0.983. The molecule has 0 radical (unpaired) electrons. The van der Waals surface area contributed by atoms with Crippen LogP contribution in [0.1, 0.15) is 37.5 Å². The molecule has 1 atom stereocenters. The first kappa shape index (κ1) is 21.1. The molecule has 24 heavy (non-hydrogen) atoms. The van der Waals surface area contributed by atoms with Crippen LogP contribution in [0, 0.1) is 20.8 Å². The molecule has 0 amide bonds. The predicted octanol–water partition coefficient (Wildman–Crippen LogP) is 3.97. The van der Waals surface area contributed by atoms with Crippen molar-refractivity contribution in [3.05, 3.63) is 28.8 Å². The van der Waals surface area contributed by atoms with Crippen LogP contribution in [0.25, 0.3) is 0 Å². The lowest BCUT2D eigenvalue weighted by atomic mass is 10.1. The summed E-state index contributed by atoms with van der Waals surface area (Å²) in [4.78, 5) is 11.8. The van der Waals surface area contributed by atoms with Crippen LogP contribution >= 0.6 is 0 Å². The fourth-order valence-corrected chi connectivity index (χ4v) is 5.83. The van der Waals surface area contributed by atoms with Crippen LogP contribution in [0.4, 0.5) is 0 Å². The van der Waals surface area contributed by atoms with Gasteiger partial charge in [0.2, 0.25) is 0 Å². The molecule has 0 N–H and O–H groups in total. The summed E-state index contributed by atoms with van der Waals surface area (Å²) in [6, 6.07) is 3.70. The maximum Gasteiger partial charge on any atom is 0.193 e. The van der Waals surface area contributed by atoms with Crippen LogP contribution in [0.3, 0.4) is 0 Å². The topological polar surface area (TPSA) is 60.4 Å². The molecule has 4 nitrogen and oxygen atoms in total. The average Bonchev–Trinajstić information content (AvgIpc) is 2.33. The van der Waals surface area contributed by atoms with E-state index in [-0.39, 0.29) is 10.8 Å². The Kier molecular flexibility index (Phi) is 6.23. The third-order valence-electron chi connectivity index (χ3n) is 4.70. The SMILES string of the molecule is Cc1cc(C)c(S(=O)(=O)C[C@H](C=O)O[Si](C)(C)C(C)(C)C)c(C)c1. The summed E-state index contributed by atoms with van der Waals surface area (Å²) < 4.78 is 31.7. The van der Waals surface area contributed by atoms with Crippen LogP contribution in [-0.2, 0) is 19.1 Å². The van der Waals surface area contributed by atoms with E-state index >= 15 is 0 Å². The second-order valence-electron chi connectivity index (χ2n) is 8.06. The van der Waals surface area contributed by atoms with Crippen molar-refractivity contribution in [1.29, 1.82) is 0 Å². The van der Waals surface area contributed by atoms with E-state index in [1.807, 2.05) is 32.2 Å². The highest BCUT2D eigenvalue weighted by atomic mass is 32.2. The van der Waals surface area contributed by atoms with E-state index in [2.05, 4.69) is 20.8 Å². The van der Waals surface area contributed by atoms with Crippen molar-refractivity contribution in [2.24, 2.45) is 0 Å². The Morgan fingerprint density at radius 2 is 1.58 bits per heavy atom. The third kappa shape index (κ3) is 4.77. The molecule has 0 aliphatic rings. The van der Waals surface area contributed by atoms with Gasteiger partial charge in [0.05, 0.1) is 10.6 Å². The summed E-state index contributed by atoms with van der Waals surface area (Å²) in [6.07, 6.45) is -0.312. The lowest BCUT2D eigenvalue weighted by Gasteiger charge is -2.38. The number of hydrogen-bond acceptors (Lipinski definition) is 4. The highest BCUT2D eigenvalue weighted by molar-refractivity contribution is 7.91. The fraction of sp³-hybridized carbons (Fsp3) is 0.611. The zero-order valence-electron chi connectivity index (χ0n) is 16.1. The minimum absolute atomic E-state index is 0.0896. The Morgan fingerprint density at radius 3 is 1.96 bits per heavy atom. The van der Waals surface area contributed by atoms with Gasteiger partial charge in [-0.15, -0.1) is 0 Å². The van der Waals surface area contributed by atoms with Gasteiger partial charge in [0.1, 0.15) is 12.4 Å². The van der Waals surface area contributed by atoms with Crippen LogP contribution in [-0.4, -0.2) is 34.9 Å². The number of rotatable bonds is 6. The lowest BCUT2D eigenvalue weighted by Crippen LogP contribution is -2.46. The number of hydrogen-bond donors (Lipinski definition) is 0. The van der Waals surface area contributed by atoms with E-state index in [0.29, 0.717) is 22.3 Å². The standard InChI is InChI=1S/C18H30O4SSi/c1-13-9-14(2)17(15(3)10-13)23(20,21)12-16(11-19)22-24(7,8)18(4,5)6/h9-11,16H,12H2,1-8H3/t16-/m0/s1. The molecule has 0 aliphatic carbocycles. The summed E-state index contributed by atoms with van der Waals surface area (Å²) in [5, 5.41) is -0.0896. The molecule has 136 valence electrons. The Labute approximate surface area is 147 Å². The number of aldehydes is 1. The van der Waals surface area contributed by atoms with Crippen LogP contribution in [0.15, 0.2) is 17.0 Å². The molecular formula is C18H30O4SSi. The molecule has 0 unspecified atom stereocenters. The normalized spacial score (nSPS) is 14.5. The molecule has 0 saturated carbocycles. The van der Waals surface area contributed by atoms with E-state index in [1.54, 1.807) is 13.8 Å². The van der Waals surface area contributed by atoms with E-state index < -0.39 is 24.3 Å². The average molecular weight is 371 g/mol. The molecule has 0 bridgehead atoms. The molecule has 0 fully saturated rings. The van der Waals surface area contributed by atoms with Crippen molar-refractivity contribution in [3.8, 4) is 0 Å². The summed E-state index contributed by atoms with van der Waals surface area (Å²) in [5.74, 6) is -0.312.